The van der Waals surface area contributed by atoms with E-state index in [4.69, 9.17) is 5.11 Å². The summed E-state index contributed by atoms with van der Waals surface area (Å²) in [5, 5.41) is 14.4. The first-order chi connectivity index (χ1) is 9.81. The molecule has 0 heterocycles. The van der Waals surface area contributed by atoms with E-state index in [9.17, 15) is 9.59 Å². The maximum absolute atomic E-state index is 11.9. The average Bonchev–Trinajstić information content (AvgIpc) is 2.39. The number of anilines is 1. The minimum Gasteiger partial charge on any atom is -0.481 e. The Balaban J connectivity index is 2.57. The van der Waals surface area contributed by atoms with E-state index in [0.717, 1.165) is 10.0 Å². The van der Waals surface area contributed by atoms with Crippen molar-refractivity contribution >= 4 is 33.6 Å². The van der Waals surface area contributed by atoms with E-state index < -0.39 is 17.9 Å². The van der Waals surface area contributed by atoms with Crippen molar-refractivity contribution in [1.29, 1.82) is 0 Å². The smallest absolute Gasteiger partial charge is 0.319 e. The lowest BCUT2D eigenvalue weighted by Gasteiger charge is -2.16. The fraction of sp³-hybridized carbons (Fsp3) is 0.467. The molecule has 0 aromatic heterocycles. The number of hydrogen-bond acceptors (Lipinski definition) is 2. The van der Waals surface area contributed by atoms with E-state index in [-0.39, 0.29) is 12.5 Å². The molecule has 0 aliphatic rings. The number of urea groups is 1. The summed E-state index contributed by atoms with van der Waals surface area (Å²) in [4.78, 5) is 23.0. The number of carboxylic acid groups (broad SMARTS) is 1. The molecule has 1 atom stereocenters. The van der Waals surface area contributed by atoms with E-state index in [2.05, 4.69) is 26.6 Å². The molecule has 5 nitrogen and oxygen atoms in total. The Morgan fingerprint density at radius 3 is 2.57 bits per heavy atom. The molecule has 0 spiro atoms. The molecular weight excluding hydrogens is 336 g/mol. The summed E-state index contributed by atoms with van der Waals surface area (Å²) in [6.07, 6.45) is 0.532. The van der Waals surface area contributed by atoms with Crippen molar-refractivity contribution in [3.05, 3.63) is 28.2 Å². The lowest BCUT2D eigenvalue weighted by atomic mass is 9.97. The second kappa shape index (κ2) is 8.02. The standard InChI is InChI=1S/C15H21BrN2O3/c1-9(2)7-11(14(19)20)8-17-15(21)18-12-6-4-5-10(3)13(12)16/h4-6,9,11H,7-8H2,1-3H3,(H,19,20)(H2,17,18,21). The topological polar surface area (TPSA) is 78.4 Å². The van der Waals surface area contributed by atoms with Gasteiger partial charge in [-0.05, 0) is 46.8 Å². The van der Waals surface area contributed by atoms with Gasteiger partial charge in [-0.3, -0.25) is 4.79 Å². The Morgan fingerprint density at radius 1 is 1.33 bits per heavy atom. The van der Waals surface area contributed by atoms with E-state index >= 15 is 0 Å². The molecule has 0 bridgehead atoms. The predicted octanol–water partition coefficient (Wildman–Crippen LogP) is 3.63. The van der Waals surface area contributed by atoms with Gasteiger partial charge in [0.1, 0.15) is 0 Å². The van der Waals surface area contributed by atoms with Crippen molar-refractivity contribution < 1.29 is 14.7 Å². The Morgan fingerprint density at radius 2 is 2.00 bits per heavy atom. The lowest BCUT2D eigenvalue weighted by molar-refractivity contribution is -0.142. The van der Waals surface area contributed by atoms with Gasteiger partial charge in [-0.1, -0.05) is 26.0 Å². The second-order valence-electron chi connectivity index (χ2n) is 5.44. The number of aliphatic carboxylic acids is 1. The summed E-state index contributed by atoms with van der Waals surface area (Å²) in [7, 11) is 0. The van der Waals surface area contributed by atoms with Gasteiger partial charge in [0.25, 0.3) is 0 Å². The molecule has 116 valence electrons. The SMILES string of the molecule is Cc1cccc(NC(=O)NCC(CC(C)C)C(=O)O)c1Br. The summed E-state index contributed by atoms with van der Waals surface area (Å²) in [6.45, 7) is 5.96. The maximum atomic E-state index is 11.9. The van der Waals surface area contributed by atoms with Gasteiger partial charge in [0.15, 0.2) is 0 Å². The molecule has 0 aliphatic carbocycles. The second-order valence-corrected chi connectivity index (χ2v) is 6.23. The van der Waals surface area contributed by atoms with Crippen LogP contribution in [0.2, 0.25) is 0 Å². The molecule has 2 amide bonds. The number of amides is 2. The van der Waals surface area contributed by atoms with Gasteiger partial charge in [0.05, 0.1) is 11.6 Å². The first-order valence-electron chi connectivity index (χ1n) is 6.84. The van der Waals surface area contributed by atoms with Crippen LogP contribution >= 0.6 is 15.9 Å². The third-order valence-corrected chi connectivity index (χ3v) is 4.11. The monoisotopic (exact) mass is 356 g/mol. The highest BCUT2D eigenvalue weighted by Gasteiger charge is 2.19. The normalized spacial score (nSPS) is 12.0. The third-order valence-electron chi connectivity index (χ3n) is 3.05. The zero-order valence-corrected chi connectivity index (χ0v) is 14.0. The molecule has 3 N–H and O–H groups in total. The van der Waals surface area contributed by atoms with Crippen LogP contribution in [0.3, 0.4) is 0 Å². The van der Waals surface area contributed by atoms with Crippen molar-refractivity contribution in [2.24, 2.45) is 11.8 Å². The van der Waals surface area contributed by atoms with E-state index in [1.807, 2.05) is 32.9 Å². The van der Waals surface area contributed by atoms with E-state index in [1.54, 1.807) is 6.07 Å². The van der Waals surface area contributed by atoms with Crippen molar-refractivity contribution in [2.45, 2.75) is 27.2 Å². The highest BCUT2D eigenvalue weighted by atomic mass is 79.9. The van der Waals surface area contributed by atoms with Crippen LogP contribution in [0.15, 0.2) is 22.7 Å². The summed E-state index contributed by atoms with van der Waals surface area (Å²) in [5.74, 6) is -1.20. The number of nitrogens with one attached hydrogen (secondary N) is 2. The minimum absolute atomic E-state index is 0.114. The first kappa shape index (κ1) is 17.5. The fourth-order valence-electron chi connectivity index (χ4n) is 1.97. The van der Waals surface area contributed by atoms with Crippen LogP contribution in [0.1, 0.15) is 25.8 Å². The molecule has 6 heteroatoms. The van der Waals surface area contributed by atoms with Crippen LogP contribution < -0.4 is 10.6 Å². The van der Waals surface area contributed by atoms with Crippen molar-refractivity contribution in [3.8, 4) is 0 Å². The van der Waals surface area contributed by atoms with Crippen molar-refractivity contribution in [2.75, 3.05) is 11.9 Å². The number of hydrogen-bond donors (Lipinski definition) is 3. The molecule has 0 aliphatic heterocycles. The summed E-state index contributed by atoms with van der Waals surface area (Å²) in [5.41, 5.74) is 1.67. The zero-order chi connectivity index (χ0) is 16.0. The number of benzene rings is 1. The van der Waals surface area contributed by atoms with Crippen LogP contribution in [0.25, 0.3) is 0 Å². The van der Waals surface area contributed by atoms with Gasteiger partial charge in [-0.25, -0.2) is 4.79 Å². The van der Waals surface area contributed by atoms with E-state index in [1.165, 1.54) is 0 Å². The van der Waals surface area contributed by atoms with Gasteiger partial charge >= 0.3 is 12.0 Å². The maximum Gasteiger partial charge on any atom is 0.319 e. The molecule has 21 heavy (non-hydrogen) atoms. The Bertz CT molecular complexity index is 518. The van der Waals surface area contributed by atoms with Crippen LogP contribution in [-0.2, 0) is 4.79 Å². The summed E-state index contributed by atoms with van der Waals surface area (Å²) in [6, 6.07) is 5.14. The summed E-state index contributed by atoms with van der Waals surface area (Å²) < 4.78 is 0.817. The van der Waals surface area contributed by atoms with Gasteiger partial charge in [0.2, 0.25) is 0 Å². The minimum atomic E-state index is -0.888. The Kier molecular flexibility index (Phi) is 6.68. The van der Waals surface area contributed by atoms with E-state index in [0.29, 0.717) is 12.1 Å². The number of carbonyl (C=O) groups excluding carboxylic acids is 1. The number of aryl methyl sites for hydroxylation is 1. The average molecular weight is 357 g/mol. The van der Waals surface area contributed by atoms with Gasteiger partial charge in [0, 0.05) is 11.0 Å². The third kappa shape index (κ3) is 5.75. The molecule has 0 fully saturated rings. The lowest BCUT2D eigenvalue weighted by Crippen LogP contribution is -2.36. The fourth-order valence-corrected chi connectivity index (χ4v) is 2.33. The first-order valence-corrected chi connectivity index (χ1v) is 7.63. The van der Waals surface area contributed by atoms with Crippen molar-refractivity contribution in [3.63, 3.8) is 0 Å². The number of carboxylic acids is 1. The number of rotatable bonds is 6. The van der Waals surface area contributed by atoms with Gasteiger partial charge < -0.3 is 15.7 Å². The quantitative estimate of drug-likeness (QED) is 0.728. The molecule has 1 aromatic rings. The van der Waals surface area contributed by atoms with Crippen LogP contribution in [0, 0.1) is 18.8 Å². The van der Waals surface area contributed by atoms with Crippen molar-refractivity contribution in [1.82, 2.24) is 5.32 Å². The molecule has 0 radical (unpaired) electrons. The summed E-state index contributed by atoms with van der Waals surface area (Å²) >= 11 is 3.41. The van der Waals surface area contributed by atoms with Crippen LogP contribution in [0.4, 0.5) is 10.5 Å². The highest BCUT2D eigenvalue weighted by Crippen LogP contribution is 2.25. The van der Waals surface area contributed by atoms with Gasteiger partial charge in [-0.2, -0.15) is 0 Å². The Hall–Kier alpha value is -1.56. The molecule has 0 saturated carbocycles. The predicted molar refractivity (Wildman–Crippen MR) is 86.5 cm³/mol. The molecule has 1 unspecified atom stereocenters. The van der Waals surface area contributed by atoms with Gasteiger partial charge in [-0.15, -0.1) is 0 Å². The molecule has 1 aromatic carbocycles. The molecular formula is C15H21BrN2O3. The molecule has 0 saturated heterocycles. The van der Waals surface area contributed by atoms with Crippen LogP contribution in [-0.4, -0.2) is 23.7 Å². The van der Waals surface area contributed by atoms with Crippen LogP contribution in [0.5, 0.6) is 0 Å². The molecule has 1 rings (SSSR count). The number of carbonyl (C=O) groups is 2. The largest absolute Gasteiger partial charge is 0.481 e. The zero-order valence-electron chi connectivity index (χ0n) is 12.4. The Labute approximate surface area is 133 Å². The highest BCUT2D eigenvalue weighted by molar-refractivity contribution is 9.10. The number of halogens is 1.